The Kier molecular flexibility index (Phi) is 11.9. The minimum absolute atomic E-state index is 0. The number of benzene rings is 1. The molecule has 1 aliphatic rings. The van der Waals surface area contributed by atoms with Gasteiger partial charge in [-0.05, 0) is 37.5 Å². The molecule has 1 aromatic rings. The summed E-state index contributed by atoms with van der Waals surface area (Å²) < 4.78 is 24.6. The highest BCUT2D eigenvalue weighted by atomic mass is 127. The summed E-state index contributed by atoms with van der Waals surface area (Å²) in [4.78, 5) is 4.69. The normalized spacial score (nSPS) is 17.3. The number of ether oxygens (including phenoxy) is 2. The van der Waals surface area contributed by atoms with Crippen molar-refractivity contribution in [3.63, 3.8) is 0 Å². The van der Waals surface area contributed by atoms with Crippen molar-refractivity contribution in [3.8, 4) is 0 Å². The molecule has 7 heteroatoms. The average molecular weight is 507 g/mol. The van der Waals surface area contributed by atoms with E-state index in [0.717, 1.165) is 63.9 Å². The van der Waals surface area contributed by atoms with E-state index in [1.54, 1.807) is 12.1 Å². The van der Waals surface area contributed by atoms with Gasteiger partial charge in [0, 0.05) is 37.6 Å². The summed E-state index contributed by atoms with van der Waals surface area (Å²) in [6.45, 7) is 11.6. The number of nitrogens with one attached hydrogen (secondary N) is 2. The van der Waals surface area contributed by atoms with Gasteiger partial charge in [0.05, 0.1) is 19.8 Å². The van der Waals surface area contributed by atoms with Crippen LogP contribution in [0.4, 0.5) is 4.39 Å². The van der Waals surface area contributed by atoms with Crippen LogP contribution < -0.4 is 10.6 Å². The van der Waals surface area contributed by atoms with Crippen LogP contribution in [0, 0.1) is 11.7 Å². The van der Waals surface area contributed by atoms with Crippen LogP contribution in [0.3, 0.4) is 0 Å². The summed E-state index contributed by atoms with van der Waals surface area (Å²) in [5.74, 6) is 1.13. The summed E-state index contributed by atoms with van der Waals surface area (Å²) in [6.07, 6.45) is 2.03. The zero-order chi connectivity index (χ0) is 19.5. The predicted octanol–water partition coefficient (Wildman–Crippen LogP) is 3.72. The van der Waals surface area contributed by atoms with Gasteiger partial charge in [0.15, 0.2) is 5.96 Å². The third-order valence-electron chi connectivity index (χ3n) is 4.72. The van der Waals surface area contributed by atoms with E-state index in [-0.39, 0.29) is 35.2 Å². The molecule has 1 unspecified atom stereocenters. The Morgan fingerprint density at radius 3 is 2.86 bits per heavy atom. The Morgan fingerprint density at radius 1 is 1.36 bits per heavy atom. The van der Waals surface area contributed by atoms with Crippen molar-refractivity contribution in [2.45, 2.75) is 39.0 Å². The lowest BCUT2D eigenvalue weighted by atomic mass is 9.85. The fourth-order valence-corrected chi connectivity index (χ4v) is 2.96. The van der Waals surface area contributed by atoms with E-state index in [1.807, 2.05) is 13.0 Å². The number of nitrogens with zero attached hydrogens (tertiary/aromatic N) is 1. The maximum Gasteiger partial charge on any atom is 0.191 e. The summed E-state index contributed by atoms with van der Waals surface area (Å²) in [5.41, 5.74) is 0.711. The minimum atomic E-state index is -0.239. The zero-order valence-corrected chi connectivity index (χ0v) is 19.6. The van der Waals surface area contributed by atoms with E-state index >= 15 is 0 Å². The van der Waals surface area contributed by atoms with Gasteiger partial charge in [-0.3, -0.25) is 4.99 Å². The Morgan fingerprint density at radius 2 is 2.18 bits per heavy atom. The fraction of sp³-hybridized carbons (Fsp3) is 0.667. The number of aliphatic imine (C=N–C) groups is 1. The van der Waals surface area contributed by atoms with Crippen molar-refractivity contribution in [3.05, 3.63) is 35.6 Å². The lowest BCUT2D eigenvalue weighted by molar-refractivity contribution is 0.0888. The van der Waals surface area contributed by atoms with Gasteiger partial charge in [-0.15, -0.1) is 24.0 Å². The summed E-state index contributed by atoms with van der Waals surface area (Å²) in [5, 5.41) is 6.61. The molecule has 1 fully saturated rings. The Hall–Kier alpha value is -0.930. The molecule has 0 saturated carbocycles. The van der Waals surface area contributed by atoms with Gasteiger partial charge in [-0.25, -0.2) is 4.39 Å². The SMILES string of the molecule is CCNC(=NCC(C)(C)c1cccc(F)c1)NCCCOCC1CCOC1.I. The van der Waals surface area contributed by atoms with Gasteiger partial charge in [-0.2, -0.15) is 0 Å². The fourth-order valence-electron chi connectivity index (χ4n) is 2.96. The largest absolute Gasteiger partial charge is 0.381 e. The van der Waals surface area contributed by atoms with E-state index in [0.29, 0.717) is 12.5 Å². The van der Waals surface area contributed by atoms with Crippen LogP contribution >= 0.6 is 24.0 Å². The highest BCUT2D eigenvalue weighted by molar-refractivity contribution is 14.0. The third-order valence-corrected chi connectivity index (χ3v) is 4.72. The topological polar surface area (TPSA) is 54.9 Å². The summed E-state index contributed by atoms with van der Waals surface area (Å²) >= 11 is 0. The van der Waals surface area contributed by atoms with Gasteiger partial charge in [0.25, 0.3) is 0 Å². The van der Waals surface area contributed by atoms with Crippen LogP contribution in [0.5, 0.6) is 0 Å². The molecule has 160 valence electrons. The maximum atomic E-state index is 13.5. The smallest absolute Gasteiger partial charge is 0.191 e. The molecule has 0 radical (unpaired) electrons. The highest BCUT2D eigenvalue weighted by Crippen LogP contribution is 2.24. The van der Waals surface area contributed by atoms with Gasteiger partial charge in [0.2, 0.25) is 0 Å². The molecule has 0 spiro atoms. The molecule has 28 heavy (non-hydrogen) atoms. The van der Waals surface area contributed by atoms with Crippen LogP contribution in [-0.4, -0.2) is 52.0 Å². The van der Waals surface area contributed by atoms with E-state index < -0.39 is 0 Å². The van der Waals surface area contributed by atoms with E-state index in [1.165, 1.54) is 6.07 Å². The van der Waals surface area contributed by atoms with Crippen LogP contribution in [-0.2, 0) is 14.9 Å². The molecule has 0 bridgehead atoms. The maximum absolute atomic E-state index is 13.5. The first-order chi connectivity index (χ1) is 13.0. The Balaban J connectivity index is 0.00000392. The number of halogens is 2. The second-order valence-electron chi connectivity index (χ2n) is 7.67. The molecule has 0 aliphatic carbocycles. The Bertz CT molecular complexity index is 593. The minimum Gasteiger partial charge on any atom is -0.381 e. The van der Waals surface area contributed by atoms with Gasteiger partial charge in [-0.1, -0.05) is 26.0 Å². The van der Waals surface area contributed by atoms with Crippen molar-refractivity contribution in [2.75, 3.05) is 46.1 Å². The molecule has 5 nitrogen and oxygen atoms in total. The van der Waals surface area contributed by atoms with E-state index in [9.17, 15) is 4.39 Å². The zero-order valence-electron chi connectivity index (χ0n) is 17.3. The van der Waals surface area contributed by atoms with Crippen LogP contribution in [0.2, 0.25) is 0 Å². The number of hydrogen-bond acceptors (Lipinski definition) is 3. The van der Waals surface area contributed by atoms with Crippen molar-refractivity contribution in [2.24, 2.45) is 10.9 Å². The summed E-state index contributed by atoms with van der Waals surface area (Å²) in [7, 11) is 0. The third kappa shape index (κ3) is 9.05. The van der Waals surface area contributed by atoms with Crippen molar-refractivity contribution >= 4 is 29.9 Å². The first-order valence-corrected chi connectivity index (χ1v) is 9.95. The van der Waals surface area contributed by atoms with Crippen LogP contribution in [0.25, 0.3) is 0 Å². The summed E-state index contributed by atoms with van der Waals surface area (Å²) in [6, 6.07) is 6.75. The molecule has 1 atom stereocenters. The second-order valence-corrected chi connectivity index (χ2v) is 7.67. The first kappa shape index (κ1) is 25.1. The molecule has 1 heterocycles. The second kappa shape index (κ2) is 13.3. The molecule has 0 amide bonds. The monoisotopic (exact) mass is 507 g/mol. The standard InChI is InChI=1S/C21H34FN3O2.HI/c1-4-23-20(24-10-6-11-26-14-17-9-12-27-15-17)25-16-21(2,3)18-7-5-8-19(22)13-18;/h5,7-8,13,17H,4,6,9-12,14-16H2,1-3H3,(H2,23,24,25);1H. The number of guanidine groups is 1. The molecule has 1 aromatic carbocycles. The lowest BCUT2D eigenvalue weighted by Crippen LogP contribution is -2.39. The molecule has 0 aromatic heterocycles. The van der Waals surface area contributed by atoms with Gasteiger partial charge >= 0.3 is 0 Å². The average Bonchev–Trinajstić information content (AvgIpc) is 3.16. The van der Waals surface area contributed by atoms with Gasteiger partial charge < -0.3 is 20.1 Å². The molecular formula is C21H35FIN3O2. The van der Waals surface area contributed by atoms with E-state index in [2.05, 4.69) is 29.5 Å². The quantitative estimate of drug-likeness (QED) is 0.220. The molecule has 2 N–H and O–H groups in total. The van der Waals surface area contributed by atoms with E-state index in [4.69, 9.17) is 9.47 Å². The van der Waals surface area contributed by atoms with Crippen molar-refractivity contribution < 1.29 is 13.9 Å². The molecular weight excluding hydrogens is 472 g/mol. The van der Waals surface area contributed by atoms with Crippen molar-refractivity contribution in [1.29, 1.82) is 0 Å². The molecule has 1 aliphatic heterocycles. The molecule has 1 saturated heterocycles. The Labute approximate surface area is 185 Å². The predicted molar refractivity (Wildman–Crippen MR) is 123 cm³/mol. The number of rotatable bonds is 10. The first-order valence-electron chi connectivity index (χ1n) is 9.95. The van der Waals surface area contributed by atoms with Crippen LogP contribution in [0.1, 0.15) is 39.2 Å². The van der Waals surface area contributed by atoms with Gasteiger partial charge in [0.1, 0.15) is 5.82 Å². The molecule has 2 rings (SSSR count). The van der Waals surface area contributed by atoms with Crippen LogP contribution in [0.15, 0.2) is 29.3 Å². The highest BCUT2D eigenvalue weighted by Gasteiger charge is 2.21. The lowest BCUT2D eigenvalue weighted by Gasteiger charge is -2.24. The number of hydrogen-bond donors (Lipinski definition) is 2. The van der Waals surface area contributed by atoms with Crippen molar-refractivity contribution in [1.82, 2.24) is 10.6 Å².